The van der Waals surface area contributed by atoms with E-state index in [9.17, 15) is 17.6 Å². The standard InChI is InChI=1S/C12H18FN3O3S/c1-3-4-15-12(17)8(2)16-20(18,19)11-6-9(13)5-10(14)7-11/h5-8,16H,3-4,14H2,1-2H3,(H,15,17). The Bertz CT molecular complexity index is 569. The maximum absolute atomic E-state index is 13.2. The molecule has 0 aliphatic carbocycles. The van der Waals surface area contributed by atoms with Crippen molar-refractivity contribution in [1.82, 2.24) is 10.0 Å². The van der Waals surface area contributed by atoms with Gasteiger partial charge in [-0.2, -0.15) is 4.72 Å². The molecule has 0 saturated carbocycles. The first-order valence-electron chi connectivity index (χ1n) is 6.12. The Morgan fingerprint density at radius 3 is 2.60 bits per heavy atom. The molecule has 0 fully saturated rings. The van der Waals surface area contributed by atoms with Gasteiger partial charge < -0.3 is 11.1 Å². The van der Waals surface area contributed by atoms with Crippen molar-refractivity contribution in [2.24, 2.45) is 0 Å². The van der Waals surface area contributed by atoms with E-state index < -0.39 is 27.8 Å². The van der Waals surface area contributed by atoms with Gasteiger partial charge in [-0.25, -0.2) is 12.8 Å². The van der Waals surface area contributed by atoms with Crippen LogP contribution < -0.4 is 15.8 Å². The maximum Gasteiger partial charge on any atom is 0.241 e. The first kappa shape index (κ1) is 16.4. The van der Waals surface area contributed by atoms with Gasteiger partial charge in [0, 0.05) is 12.2 Å². The minimum Gasteiger partial charge on any atom is -0.399 e. The predicted molar refractivity (Wildman–Crippen MR) is 73.9 cm³/mol. The summed E-state index contributed by atoms with van der Waals surface area (Å²) in [5, 5.41) is 2.56. The van der Waals surface area contributed by atoms with Gasteiger partial charge in [-0.3, -0.25) is 4.79 Å². The molecule has 1 aromatic carbocycles. The van der Waals surface area contributed by atoms with Crippen LogP contribution in [0.25, 0.3) is 0 Å². The Hall–Kier alpha value is -1.67. The molecule has 6 nitrogen and oxygen atoms in total. The number of rotatable bonds is 6. The van der Waals surface area contributed by atoms with Crippen LogP contribution in [0.4, 0.5) is 10.1 Å². The Morgan fingerprint density at radius 1 is 1.40 bits per heavy atom. The zero-order chi connectivity index (χ0) is 15.3. The highest BCUT2D eigenvalue weighted by Gasteiger charge is 2.22. The minimum atomic E-state index is -4.01. The second-order valence-corrected chi connectivity index (χ2v) is 6.07. The first-order valence-corrected chi connectivity index (χ1v) is 7.60. The fourth-order valence-corrected chi connectivity index (χ4v) is 2.76. The molecule has 4 N–H and O–H groups in total. The summed E-state index contributed by atoms with van der Waals surface area (Å²) in [6.07, 6.45) is 0.742. The molecule has 0 radical (unpaired) electrons. The number of nitrogens with one attached hydrogen (secondary N) is 2. The minimum absolute atomic E-state index is 0.00605. The molecule has 8 heteroatoms. The fraction of sp³-hybridized carbons (Fsp3) is 0.417. The lowest BCUT2D eigenvalue weighted by Crippen LogP contribution is -2.44. The summed E-state index contributed by atoms with van der Waals surface area (Å²) >= 11 is 0. The molecule has 1 unspecified atom stereocenters. The van der Waals surface area contributed by atoms with E-state index >= 15 is 0 Å². The van der Waals surface area contributed by atoms with Crippen molar-refractivity contribution in [3.8, 4) is 0 Å². The Kier molecular flexibility index (Phi) is 5.46. The number of nitrogens with two attached hydrogens (primary N) is 1. The van der Waals surface area contributed by atoms with Crippen LogP contribution >= 0.6 is 0 Å². The van der Waals surface area contributed by atoms with Gasteiger partial charge in [0.05, 0.1) is 10.9 Å². The smallest absolute Gasteiger partial charge is 0.241 e. The zero-order valence-electron chi connectivity index (χ0n) is 11.3. The third-order valence-corrected chi connectivity index (χ3v) is 4.00. The molecule has 1 rings (SSSR count). The highest BCUT2D eigenvalue weighted by molar-refractivity contribution is 7.89. The number of hydrogen-bond donors (Lipinski definition) is 3. The molecule has 112 valence electrons. The van der Waals surface area contributed by atoms with Gasteiger partial charge >= 0.3 is 0 Å². The Balaban J connectivity index is 2.86. The van der Waals surface area contributed by atoms with Crippen LogP contribution in [0.15, 0.2) is 23.1 Å². The fourth-order valence-electron chi connectivity index (χ4n) is 1.50. The second-order valence-electron chi connectivity index (χ2n) is 4.35. The average Bonchev–Trinajstić information content (AvgIpc) is 2.34. The van der Waals surface area contributed by atoms with Crippen molar-refractivity contribution < 1.29 is 17.6 Å². The van der Waals surface area contributed by atoms with Gasteiger partial charge in [0.1, 0.15) is 5.82 Å². The predicted octanol–water partition coefficient (Wildman–Crippen LogP) is 0.601. The second kappa shape index (κ2) is 6.67. The summed E-state index contributed by atoms with van der Waals surface area (Å²) in [7, 11) is -4.01. The van der Waals surface area contributed by atoms with Crippen LogP contribution in [0.3, 0.4) is 0 Å². The summed E-state index contributed by atoms with van der Waals surface area (Å²) in [5.74, 6) is -1.20. The number of halogens is 1. The molecule has 0 bridgehead atoms. The van der Waals surface area contributed by atoms with Crippen LogP contribution in [0.1, 0.15) is 20.3 Å². The van der Waals surface area contributed by atoms with Crippen LogP contribution in [-0.2, 0) is 14.8 Å². The molecule has 1 aromatic rings. The van der Waals surface area contributed by atoms with Crippen molar-refractivity contribution in [3.05, 3.63) is 24.0 Å². The molecule has 0 aliphatic heterocycles. The van der Waals surface area contributed by atoms with E-state index in [2.05, 4.69) is 10.0 Å². The average molecular weight is 303 g/mol. The molecule has 20 heavy (non-hydrogen) atoms. The van der Waals surface area contributed by atoms with E-state index in [-0.39, 0.29) is 10.6 Å². The van der Waals surface area contributed by atoms with Crippen molar-refractivity contribution in [2.45, 2.75) is 31.2 Å². The van der Waals surface area contributed by atoms with Gasteiger partial charge in [-0.1, -0.05) is 6.92 Å². The molecule has 0 aliphatic rings. The number of amides is 1. The highest BCUT2D eigenvalue weighted by Crippen LogP contribution is 2.16. The number of benzene rings is 1. The number of carbonyl (C=O) groups excluding carboxylic acids is 1. The molecule has 0 heterocycles. The molecule has 0 aromatic heterocycles. The zero-order valence-corrected chi connectivity index (χ0v) is 12.1. The Morgan fingerprint density at radius 2 is 2.05 bits per heavy atom. The summed E-state index contributed by atoms with van der Waals surface area (Å²) in [6.45, 7) is 3.74. The quantitative estimate of drug-likeness (QED) is 0.670. The lowest BCUT2D eigenvalue weighted by molar-refractivity contribution is -0.122. The lowest BCUT2D eigenvalue weighted by atomic mass is 10.3. The topological polar surface area (TPSA) is 101 Å². The molecular formula is C12H18FN3O3S. The van der Waals surface area contributed by atoms with Crippen LogP contribution in [0, 0.1) is 5.82 Å². The van der Waals surface area contributed by atoms with E-state index in [1.807, 2.05) is 6.92 Å². The van der Waals surface area contributed by atoms with Crippen LogP contribution in [-0.4, -0.2) is 26.9 Å². The molecule has 0 spiro atoms. The van der Waals surface area contributed by atoms with Crippen molar-refractivity contribution in [3.63, 3.8) is 0 Å². The van der Waals surface area contributed by atoms with Gasteiger partial charge in [-0.15, -0.1) is 0 Å². The maximum atomic E-state index is 13.2. The first-order chi connectivity index (χ1) is 9.26. The molecule has 1 amide bonds. The van der Waals surface area contributed by atoms with Gasteiger partial charge in [0.15, 0.2) is 0 Å². The van der Waals surface area contributed by atoms with Crippen molar-refractivity contribution in [2.75, 3.05) is 12.3 Å². The van der Waals surface area contributed by atoms with Crippen molar-refractivity contribution in [1.29, 1.82) is 0 Å². The van der Waals surface area contributed by atoms with E-state index in [1.54, 1.807) is 0 Å². The highest BCUT2D eigenvalue weighted by atomic mass is 32.2. The van der Waals surface area contributed by atoms with Crippen LogP contribution in [0.2, 0.25) is 0 Å². The van der Waals surface area contributed by atoms with E-state index in [0.29, 0.717) is 6.54 Å². The number of hydrogen-bond acceptors (Lipinski definition) is 4. The van der Waals surface area contributed by atoms with Gasteiger partial charge in [0.25, 0.3) is 0 Å². The normalized spacial score (nSPS) is 12.9. The number of sulfonamides is 1. The monoisotopic (exact) mass is 303 g/mol. The number of nitrogen functional groups attached to an aromatic ring is 1. The summed E-state index contributed by atoms with van der Waals surface area (Å²) < 4.78 is 39.4. The van der Waals surface area contributed by atoms with E-state index in [1.165, 1.54) is 6.92 Å². The third kappa shape index (κ3) is 4.46. The summed E-state index contributed by atoms with van der Waals surface area (Å²) in [4.78, 5) is 11.3. The summed E-state index contributed by atoms with van der Waals surface area (Å²) in [5.41, 5.74) is 5.39. The van der Waals surface area contributed by atoms with Crippen molar-refractivity contribution >= 4 is 21.6 Å². The molecule has 1 atom stereocenters. The largest absolute Gasteiger partial charge is 0.399 e. The molecular weight excluding hydrogens is 285 g/mol. The van der Waals surface area contributed by atoms with E-state index in [4.69, 9.17) is 5.73 Å². The Labute approximate surface area is 117 Å². The van der Waals surface area contributed by atoms with Gasteiger partial charge in [0.2, 0.25) is 15.9 Å². The van der Waals surface area contributed by atoms with Crippen LogP contribution in [0.5, 0.6) is 0 Å². The summed E-state index contributed by atoms with van der Waals surface area (Å²) in [6, 6.07) is 2.02. The number of anilines is 1. The van der Waals surface area contributed by atoms with Gasteiger partial charge in [-0.05, 0) is 31.5 Å². The SMILES string of the molecule is CCCNC(=O)C(C)NS(=O)(=O)c1cc(N)cc(F)c1. The lowest BCUT2D eigenvalue weighted by Gasteiger charge is -2.14. The number of carbonyl (C=O) groups is 1. The molecule has 0 saturated heterocycles. The third-order valence-electron chi connectivity index (χ3n) is 2.48. The van der Waals surface area contributed by atoms with E-state index in [0.717, 1.165) is 24.6 Å².